The quantitative estimate of drug-likeness (QED) is 0.377. The Labute approximate surface area is 191 Å². The average Bonchev–Trinajstić information content (AvgIpc) is 2.84. The van der Waals surface area contributed by atoms with E-state index in [-0.39, 0.29) is 0 Å². The minimum absolute atomic E-state index is 0.390. The summed E-state index contributed by atoms with van der Waals surface area (Å²) in [7, 11) is 1.63. The second kappa shape index (κ2) is 9.82. The second-order valence-electron chi connectivity index (χ2n) is 7.37. The van der Waals surface area contributed by atoms with Gasteiger partial charge in [0.05, 0.1) is 24.2 Å². The molecule has 0 saturated carbocycles. The first-order chi connectivity index (χ1) is 16.0. The number of carboxylic acid groups (broad SMARTS) is 1. The summed E-state index contributed by atoms with van der Waals surface area (Å²) in [6, 6.07) is 22.6. The number of amides is 1. The van der Waals surface area contributed by atoms with Crippen molar-refractivity contribution in [2.24, 2.45) is 0 Å². The van der Waals surface area contributed by atoms with Crippen molar-refractivity contribution >= 4 is 11.8 Å². The van der Waals surface area contributed by atoms with Crippen molar-refractivity contribution in [3.05, 3.63) is 90.1 Å². The maximum absolute atomic E-state index is 11.3. The molecule has 0 aliphatic heterocycles. The topological polar surface area (TPSA) is 93.6 Å². The highest BCUT2D eigenvalue weighted by Gasteiger charge is 2.15. The second-order valence-corrected chi connectivity index (χ2v) is 7.37. The van der Waals surface area contributed by atoms with Gasteiger partial charge in [-0.1, -0.05) is 42.5 Å². The highest BCUT2D eigenvalue weighted by Crippen LogP contribution is 2.32. The number of rotatable bonds is 7. The van der Waals surface area contributed by atoms with Gasteiger partial charge in [-0.2, -0.15) is 0 Å². The van der Waals surface area contributed by atoms with Crippen LogP contribution in [0.25, 0.3) is 22.5 Å². The zero-order valence-electron chi connectivity index (χ0n) is 18.3. The summed E-state index contributed by atoms with van der Waals surface area (Å²) in [6.45, 7) is 2.28. The molecule has 166 valence electrons. The van der Waals surface area contributed by atoms with Crippen LogP contribution in [-0.2, 0) is 6.61 Å². The molecule has 0 radical (unpaired) electrons. The van der Waals surface area contributed by atoms with Crippen molar-refractivity contribution in [2.45, 2.75) is 13.5 Å². The number of aryl methyl sites for hydroxylation is 1. The zero-order chi connectivity index (χ0) is 23.2. The Morgan fingerprint density at radius 2 is 1.73 bits per heavy atom. The summed E-state index contributed by atoms with van der Waals surface area (Å²) >= 11 is 0. The van der Waals surface area contributed by atoms with Crippen molar-refractivity contribution in [1.82, 2.24) is 9.97 Å². The van der Waals surface area contributed by atoms with Crippen molar-refractivity contribution in [3.8, 4) is 34.1 Å². The number of hydrogen-bond acceptors (Lipinski definition) is 5. The minimum atomic E-state index is -1.14. The highest BCUT2D eigenvalue weighted by atomic mass is 16.5. The van der Waals surface area contributed by atoms with Gasteiger partial charge in [-0.3, -0.25) is 5.32 Å². The van der Waals surface area contributed by atoms with E-state index >= 15 is 0 Å². The first-order valence-corrected chi connectivity index (χ1v) is 10.3. The molecule has 0 atom stereocenters. The standard InChI is InChI=1S/C26H23N3O4/c1-17-14-22(28-26(30)31)25(19-6-4-3-5-7-19)29-24(17)20-10-13-23(27-15-20)33-16-18-8-11-21(32-2)12-9-18/h3-15,28H,16H2,1-2H3,(H,30,31). The number of carbonyl (C=O) groups is 1. The Kier molecular flexibility index (Phi) is 6.50. The number of nitrogens with one attached hydrogen (secondary N) is 1. The monoisotopic (exact) mass is 441 g/mol. The van der Waals surface area contributed by atoms with Gasteiger partial charge >= 0.3 is 6.09 Å². The van der Waals surface area contributed by atoms with Gasteiger partial charge in [-0.05, 0) is 42.3 Å². The molecule has 2 aromatic heterocycles. The predicted octanol–water partition coefficient (Wildman–Crippen LogP) is 5.80. The summed E-state index contributed by atoms with van der Waals surface area (Å²) < 4.78 is 11.0. The molecule has 0 bridgehead atoms. The molecule has 0 unspecified atom stereocenters. The van der Waals surface area contributed by atoms with Crippen molar-refractivity contribution in [3.63, 3.8) is 0 Å². The van der Waals surface area contributed by atoms with Crippen molar-refractivity contribution in [2.75, 3.05) is 12.4 Å². The van der Waals surface area contributed by atoms with E-state index in [1.54, 1.807) is 25.4 Å². The maximum atomic E-state index is 11.3. The largest absolute Gasteiger partial charge is 0.497 e. The summed E-state index contributed by atoms with van der Waals surface area (Å²) in [5.41, 5.74) is 5.17. The fourth-order valence-electron chi connectivity index (χ4n) is 3.42. The van der Waals surface area contributed by atoms with E-state index in [1.165, 1.54) is 0 Å². The van der Waals surface area contributed by atoms with Crippen LogP contribution < -0.4 is 14.8 Å². The normalized spacial score (nSPS) is 10.5. The van der Waals surface area contributed by atoms with Crippen LogP contribution in [0.2, 0.25) is 0 Å². The Morgan fingerprint density at radius 3 is 2.36 bits per heavy atom. The summed E-state index contributed by atoms with van der Waals surface area (Å²) in [5, 5.41) is 11.7. The van der Waals surface area contributed by atoms with Crippen LogP contribution in [0.3, 0.4) is 0 Å². The van der Waals surface area contributed by atoms with Gasteiger partial charge in [0.25, 0.3) is 0 Å². The number of hydrogen-bond donors (Lipinski definition) is 2. The average molecular weight is 441 g/mol. The van der Waals surface area contributed by atoms with E-state index in [2.05, 4.69) is 10.3 Å². The molecule has 0 spiro atoms. The third-order valence-corrected chi connectivity index (χ3v) is 5.06. The van der Waals surface area contributed by atoms with E-state index in [0.717, 1.165) is 33.7 Å². The van der Waals surface area contributed by atoms with Crippen LogP contribution in [0.5, 0.6) is 11.6 Å². The third kappa shape index (κ3) is 5.27. The number of nitrogens with zero attached hydrogens (tertiary/aromatic N) is 2. The van der Waals surface area contributed by atoms with Crippen LogP contribution in [-0.4, -0.2) is 28.3 Å². The number of pyridine rings is 2. The Balaban J connectivity index is 1.58. The molecule has 0 fully saturated rings. The Bertz CT molecular complexity index is 1240. The lowest BCUT2D eigenvalue weighted by molar-refractivity contribution is 0.209. The smallest absolute Gasteiger partial charge is 0.409 e. The van der Waals surface area contributed by atoms with Gasteiger partial charge in [-0.15, -0.1) is 0 Å². The molecule has 4 rings (SSSR count). The van der Waals surface area contributed by atoms with E-state index in [0.29, 0.717) is 23.9 Å². The molecule has 2 aromatic carbocycles. The number of anilines is 1. The highest BCUT2D eigenvalue weighted by molar-refractivity contribution is 5.90. The fraction of sp³-hybridized carbons (Fsp3) is 0.115. The Hall–Kier alpha value is -4.39. The summed E-state index contributed by atoms with van der Waals surface area (Å²) in [6.07, 6.45) is 0.568. The molecule has 0 aliphatic rings. The molecule has 1 amide bonds. The van der Waals surface area contributed by atoms with Gasteiger partial charge in [-0.25, -0.2) is 14.8 Å². The summed E-state index contributed by atoms with van der Waals surface area (Å²) in [5.74, 6) is 1.29. The SMILES string of the molecule is COc1ccc(COc2ccc(-c3nc(-c4ccccc4)c(NC(=O)O)cc3C)cn2)cc1. The molecule has 7 heteroatoms. The molecule has 2 heterocycles. The minimum Gasteiger partial charge on any atom is -0.497 e. The van der Waals surface area contributed by atoms with E-state index in [9.17, 15) is 9.90 Å². The van der Waals surface area contributed by atoms with Crippen molar-refractivity contribution < 1.29 is 19.4 Å². The molecule has 2 N–H and O–H groups in total. The van der Waals surface area contributed by atoms with Gasteiger partial charge in [0.15, 0.2) is 0 Å². The first kappa shape index (κ1) is 21.8. The molecule has 4 aromatic rings. The van der Waals surface area contributed by atoms with E-state index in [1.807, 2.05) is 67.6 Å². The van der Waals surface area contributed by atoms with Gasteiger partial charge in [0.2, 0.25) is 5.88 Å². The van der Waals surface area contributed by atoms with Crippen LogP contribution >= 0.6 is 0 Å². The molecule has 33 heavy (non-hydrogen) atoms. The van der Waals surface area contributed by atoms with Crippen LogP contribution in [0, 0.1) is 6.92 Å². The maximum Gasteiger partial charge on any atom is 0.409 e. The third-order valence-electron chi connectivity index (χ3n) is 5.06. The van der Waals surface area contributed by atoms with Crippen LogP contribution in [0.15, 0.2) is 79.0 Å². The van der Waals surface area contributed by atoms with Gasteiger partial charge in [0, 0.05) is 23.4 Å². The lowest BCUT2D eigenvalue weighted by Gasteiger charge is -2.14. The van der Waals surface area contributed by atoms with E-state index in [4.69, 9.17) is 14.5 Å². The number of methoxy groups -OCH3 is 1. The van der Waals surface area contributed by atoms with Gasteiger partial charge in [0.1, 0.15) is 12.4 Å². The van der Waals surface area contributed by atoms with E-state index < -0.39 is 6.09 Å². The lowest BCUT2D eigenvalue weighted by atomic mass is 10.0. The first-order valence-electron chi connectivity index (χ1n) is 10.3. The van der Waals surface area contributed by atoms with Crippen molar-refractivity contribution in [1.29, 1.82) is 0 Å². The van der Waals surface area contributed by atoms with Gasteiger partial charge < -0.3 is 14.6 Å². The predicted molar refractivity (Wildman–Crippen MR) is 127 cm³/mol. The molecule has 0 aliphatic carbocycles. The zero-order valence-corrected chi connectivity index (χ0v) is 18.3. The number of aromatic nitrogens is 2. The molecule has 7 nitrogen and oxygen atoms in total. The molecular weight excluding hydrogens is 418 g/mol. The molecule has 0 saturated heterocycles. The number of benzene rings is 2. The summed E-state index contributed by atoms with van der Waals surface area (Å²) in [4.78, 5) is 20.5. The Morgan fingerprint density at radius 1 is 0.970 bits per heavy atom. The van der Waals surface area contributed by atoms with Crippen LogP contribution in [0.4, 0.5) is 10.5 Å². The lowest BCUT2D eigenvalue weighted by Crippen LogP contribution is -2.10. The fourth-order valence-corrected chi connectivity index (χ4v) is 3.42. The number of ether oxygens (including phenoxy) is 2. The molecular formula is C26H23N3O4. The van der Waals surface area contributed by atoms with Crippen LogP contribution in [0.1, 0.15) is 11.1 Å².